The average molecular weight is 516 g/mol. The summed E-state index contributed by atoms with van der Waals surface area (Å²) in [7, 11) is 0. The van der Waals surface area contributed by atoms with Crippen molar-refractivity contribution in [3.63, 3.8) is 0 Å². The Morgan fingerprint density at radius 2 is 1.91 bits per heavy atom. The second-order valence-electron chi connectivity index (χ2n) is 7.71. The first kappa shape index (κ1) is 24.0. The summed E-state index contributed by atoms with van der Waals surface area (Å²) in [6, 6.07) is 5.11. The lowest BCUT2D eigenvalue weighted by molar-refractivity contribution is -0.275. The molecule has 0 saturated heterocycles. The highest BCUT2D eigenvalue weighted by Gasteiger charge is 2.63. The molecule has 1 unspecified atom stereocenters. The Balaban J connectivity index is 1.55. The van der Waals surface area contributed by atoms with Crippen molar-refractivity contribution in [2.75, 3.05) is 6.54 Å². The first-order chi connectivity index (χ1) is 16.1. The quantitative estimate of drug-likeness (QED) is 0.362. The summed E-state index contributed by atoms with van der Waals surface area (Å²) in [5.41, 5.74) is -1.82. The van der Waals surface area contributed by atoms with E-state index in [1.54, 1.807) is 11.0 Å². The third kappa shape index (κ3) is 4.23. The lowest BCUT2D eigenvalue weighted by atomic mass is 9.89. The van der Waals surface area contributed by atoms with E-state index in [9.17, 15) is 22.4 Å². The molecular formula is C21H15Cl2F4N5O2. The highest BCUT2D eigenvalue weighted by Crippen LogP contribution is 2.50. The zero-order chi connectivity index (χ0) is 24.7. The Kier molecular flexibility index (Phi) is 6.31. The lowest BCUT2D eigenvalue weighted by Crippen LogP contribution is -2.44. The molecule has 1 amide bonds. The van der Waals surface area contributed by atoms with Gasteiger partial charge in [-0.25, -0.2) is 4.39 Å². The van der Waals surface area contributed by atoms with Crippen LogP contribution in [0, 0.1) is 17.1 Å². The number of nitrogens with zero attached hydrogens (tertiary/aromatic N) is 4. The van der Waals surface area contributed by atoms with Gasteiger partial charge in [0, 0.05) is 31.4 Å². The second-order valence-corrected chi connectivity index (χ2v) is 8.53. The topological polar surface area (TPSA) is 90.6 Å². The van der Waals surface area contributed by atoms with E-state index in [1.807, 2.05) is 6.07 Å². The predicted octanol–water partition coefficient (Wildman–Crippen LogP) is 4.68. The zero-order valence-electron chi connectivity index (χ0n) is 17.2. The highest BCUT2D eigenvalue weighted by molar-refractivity contribution is 6.35. The van der Waals surface area contributed by atoms with E-state index in [-0.39, 0.29) is 37.6 Å². The monoisotopic (exact) mass is 515 g/mol. The van der Waals surface area contributed by atoms with Gasteiger partial charge in [0.15, 0.2) is 5.82 Å². The molecule has 2 aliphatic heterocycles. The number of pyridine rings is 1. The van der Waals surface area contributed by atoms with Crippen LogP contribution in [0.4, 0.5) is 17.6 Å². The summed E-state index contributed by atoms with van der Waals surface area (Å²) < 4.78 is 56.4. The van der Waals surface area contributed by atoms with E-state index >= 15 is 0 Å². The molecule has 1 aromatic carbocycles. The largest absolute Gasteiger partial charge is 0.435 e. The van der Waals surface area contributed by atoms with Crippen LogP contribution < -0.4 is 5.32 Å². The maximum atomic E-state index is 14.2. The van der Waals surface area contributed by atoms with Gasteiger partial charge in [-0.1, -0.05) is 28.4 Å². The molecule has 13 heteroatoms. The van der Waals surface area contributed by atoms with Gasteiger partial charge in [0.25, 0.3) is 11.5 Å². The van der Waals surface area contributed by atoms with Crippen molar-refractivity contribution in [3.05, 3.63) is 62.6 Å². The molecule has 0 bridgehead atoms. The SMILES string of the molecule is N#CCCNC(=O)c1cc2c(cn1)CN(C1=NOC(c3cc(Cl)c(F)c(Cl)c3)(C(F)(F)F)C1)C2. The average Bonchev–Trinajstić information content (AvgIpc) is 3.41. The maximum Gasteiger partial charge on any atom is 0.435 e. The molecule has 0 aliphatic carbocycles. The fourth-order valence-corrected chi connectivity index (χ4v) is 4.24. The summed E-state index contributed by atoms with van der Waals surface area (Å²) in [6.07, 6.45) is -3.97. The third-order valence-electron chi connectivity index (χ3n) is 5.55. The second kappa shape index (κ2) is 8.92. The number of fused-ring (bicyclic) bond motifs is 1. The molecule has 1 aromatic heterocycles. The molecule has 3 heterocycles. The molecule has 0 saturated carbocycles. The van der Waals surface area contributed by atoms with Crippen molar-refractivity contribution >= 4 is 34.9 Å². The Labute approximate surface area is 200 Å². The first-order valence-electron chi connectivity index (χ1n) is 9.90. The van der Waals surface area contributed by atoms with Gasteiger partial charge in [0.2, 0.25) is 0 Å². The maximum absolute atomic E-state index is 14.2. The molecular weight excluding hydrogens is 501 g/mol. The Morgan fingerprint density at radius 1 is 1.24 bits per heavy atom. The molecule has 4 rings (SSSR count). The minimum Gasteiger partial charge on any atom is -0.372 e. The van der Waals surface area contributed by atoms with Crippen molar-refractivity contribution in [2.24, 2.45) is 5.16 Å². The molecule has 178 valence electrons. The normalized spacial score (nSPS) is 19.3. The van der Waals surface area contributed by atoms with E-state index < -0.39 is 45.5 Å². The number of oxime groups is 1. The summed E-state index contributed by atoms with van der Waals surface area (Å²) in [5, 5.41) is 13.7. The number of rotatable bonds is 4. The number of amidine groups is 1. The number of amides is 1. The van der Waals surface area contributed by atoms with Gasteiger partial charge >= 0.3 is 6.18 Å². The van der Waals surface area contributed by atoms with Crippen LogP contribution in [0.1, 0.15) is 40.0 Å². The van der Waals surface area contributed by atoms with Crippen molar-refractivity contribution in [1.29, 1.82) is 5.26 Å². The Morgan fingerprint density at radius 3 is 2.56 bits per heavy atom. The number of alkyl halides is 3. The number of nitrogens with one attached hydrogen (secondary N) is 1. The number of benzene rings is 1. The Hall–Kier alpha value is -3.10. The number of hydrogen-bond acceptors (Lipinski definition) is 6. The van der Waals surface area contributed by atoms with Crippen LogP contribution in [0.25, 0.3) is 0 Å². The van der Waals surface area contributed by atoms with Gasteiger partial charge in [-0.05, 0) is 29.3 Å². The van der Waals surface area contributed by atoms with Gasteiger partial charge < -0.3 is 15.1 Å². The lowest BCUT2D eigenvalue weighted by Gasteiger charge is -2.30. The van der Waals surface area contributed by atoms with Crippen LogP contribution in [0.2, 0.25) is 10.0 Å². The molecule has 34 heavy (non-hydrogen) atoms. The van der Waals surface area contributed by atoms with Crippen LogP contribution in [-0.4, -0.2) is 34.3 Å². The fraction of sp³-hybridized carbons (Fsp3) is 0.333. The van der Waals surface area contributed by atoms with E-state index in [0.717, 1.165) is 12.1 Å². The molecule has 0 fully saturated rings. The van der Waals surface area contributed by atoms with Crippen molar-refractivity contribution in [2.45, 2.75) is 37.7 Å². The van der Waals surface area contributed by atoms with Gasteiger partial charge in [-0.15, -0.1) is 0 Å². The van der Waals surface area contributed by atoms with E-state index in [4.69, 9.17) is 33.3 Å². The number of hydrogen-bond donors (Lipinski definition) is 1. The number of carbonyl (C=O) groups excluding carboxylic acids is 1. The fourth-order valence-electron chi connectivity index (χ4n) is 3.76. The molecule has 0 radical (unpaired) electrons. The van der Waals surface area contributed by atoms with E-state index in [1.165, 1.54) is 6.20 Å². The zero-order valence-corrected chi connectivity index (χ0v) is 18.7. The molecule has 7 nitrogen and oxygen atoms in total. The highest BCUT2D eigenvalue weighted by atomic mass is 35.5. The standard InChI is InChI=1S/C21H15Cl2F4N5O2/c22-14-5-13(6-15(23)18(14)24)20(21(25,26)27)7-17(31-34-20)32-9-11-4-16(30-8-12(11)10-32)19(33)29-3-1-2-28/h4-6,8H,1,3,7,9-10H2,(H,29,33). The van der Waals surface area contributed by atoms with Crippen LogP contribution in [-0.2, 0) is 23.5 Å². The van der Waals surface area contributed by atoms with Gasteiger partial charge in [0.05, 0.1) is 29.0 Å². The predicted molar refractivity (Wildman–Crippen MR) is 113 cm³/mol. The minimum absolute atomic E-state index is 0.0186. The van der Waals surface area contributed by atoms with Crippen molar-refractivity contribution < 1.29 is 27.2 Å². The van der Waals surface area contributed by atoms with Crippen LogP contribution >= 0.6 is 23.2 Å². The summed E-state index contributed by atoms with van der Waals surface area (Å²) in [5.74, 6) is -1.47. The van der Waals surface area contributed by atoms with Gasteiger partial charge in [-0.2, -0.15) is 18.4 Å². The van der Waals surface area contributed by atoms with Crippen molar-refractivity contribution in [3.8, 4) is 6.07 Å². The van der Waals surface area contributed by atoms with Crippen LogP contribution in [0.15, 0.2) is 29.6 Å². The minimum atomic E-state index is -4.91. The molecule has 0 spiro atoms. The smallest absolute Gasteiger partial charge is 0.372 e. The molecule has 1 atom stereocenters. The summed E-state index contributed by atoms with van der Waals surface area (Å²) >= 11 is 11.5. The number of carbonyl (C=O) groups is 1. The van der Waals surface area contributed by atoms with E-state index in [2.05, 4.69) is 15.5 Å². The number of nitriles is 1. The molecule has 2 aromatic rings. The number of halogens is 6. The van der Waals surface area contributed by atoms with E-state index in [0.29, 0.717) is 11.1 Å². The van der Waals surface area contributed by atoms with Crippen LogP contribution in [0.5, 0.6) is 0 Å². The van der Waals surface area contributed by atoms with Crippen LogP contribution in [0.3, 0.4) is 0 Å². The Bertz CT molecular complexity index is 1210. The third-order valence-corrected chi connectivity index (χ3v) is 6.10. The summed E-state index contributed by atoms with van der Waals surface area (Å²) in [6.45, 7) is 0.558. The molecule has 2 aliphatic rings. The number of aromatic nitrogens is 1. The van der Waals surface area contributed by atoms with Crippen molar-refractivity contribution in [1.82, 2.24) is 15.2 Å². The molecule has 1 N–H and O–H groups in total. The summed E-state index contributed by atoms with van der Waals surface area (Å²) in [4.78, 5) is 22.8. The first-order valence-corrected chi connectivity index (χ1v) is 10.7. The van der Waals surface area contributed by atoms with Gasteiger partial charge in [-0.3, -0.25) is 9.78 Å². The van der Waals surface area contributed by atoms with Gasteiger partial charge in [0.1, 0.15) is 11.5 Å².